The van der Waals surface area contributed by atoms with Gasteiger partial charge in [-0.15, -0.1) is 0 Å². The first-order valence-electron chi connectivity index (χ1n) is 8.59. The van der Waals surface area contributed by atoms with E-state index in [0.717, 1.165) is 39.1 Å². The monoisotopic (exact) mass is 344 g/mol. The molecule has 0 aliphatic heterocycles. The molecule has 130 valence electrons. The van der Waals surface area contributed by atoms with E-state index in [2.05, 4.69) is 40.9 Å². The van der Waals surface area contributed by atoms with Crippen LogP contribution in [0.3, 0.4) is 0 Å². The maximum atomic E-state index is 9.90. The van der Waals surface area contributed by atoms with E-state index >= 15 is 0 Å². The normalized spacial score (nSPS) is 11.4. The largest absolute Gasteiger partial charge is 0.506 e. The van der Waals surface area contributed by atoms with Crippen molar-refractivity contribution in [2.24, 2.45) is 7.05 Å². The maximum absolute atomic E-state index is 9.90. The van der Waals surface area contributed by atoms with Crippen LogP contribution >= 0.6 is 0 Å². The van der Waals surface area contributed by atoms with Crippen LogP contribution in [0.2, 0.25) is 0 Å². The zero-order valence-corrected chi connectivity index (χ0v) is 15.0. The van der Waals surface area contributed by atoms with Crippen molar-refractivity contribution in [3.63, 3.8) is 0 Å². The average Bonchev–Trinajstić information content (AvgIpc) is 3.02. The van der Waals surface area contributed by atoms with Crippen LogP contribution < -0.4 is 0 Å². The van der Waals surface area contributed by atoms with Crippen LogP contribution in [0.25, 0.3) is 33.4 Å². The fourth-order valence-corrected chi connectivity index (χ4v) is 3.20. The highest BCUT2D eigenvalue weighted by molar-refractivity contribution is 5.80. The average molecular weight is 344 g/mol. The Bertz CT molecular complexity index is 1100. The van der Waals surface area contributed by atoms with Crippen molar-refractivity contribution in [3.8, 4) is 28.0 Å². The van der Waals surface area contributed by atoms with Crippen molar-refractivity contribution in [1.29, 1.82) is 0 Å². The van der Waals surface area contributed by atoms with E-state index in [0.29, 0.717) is 0 Å². The van der Waals surface area contributed by atoms with Gasteiger partial charge < -0.3 is 9.67 Å². The van der Waals surface area contributed by atoms with Gasteiger partial charge in [-0.3, -0.25) is 4.98 Å². The summed E-state index contributed by atoms with van der Waals surface area (Å²) in [5, 5.41) is 9.90. The summed E-state index contributed by atoms with van der Waals surface area (Å²) in [4.78, 5) is 13.3. The van der Waals surface area contributed by atoms with E-state index < -0.39 is 0 Å². The van der Waals surface area contributed by atoms with Crippen molar-refractivity contribution >= 4 is 11.2 Å². The SMILES string of the molecule is CC(C)c1ncc(O)cc1-c1cccc(-c2cnc3c(c2)ncn3C)c1. The molecule has 3 heterocycles. The second-order valence-corrected chi connectivity index (χ2v) is 6.78. The molecular weight excluding hydrogens is 324 g/mol. The first kappa shape index (κ1) is 16.3. The summed E-state index contributed by atoms with van der Waals surface area (Å²) in [7, 11) is 1.94. The van der Waals surface area contributed by atoms with Gasteiger partial charge in [-0.1, -0.05) is 32.0 Å². The highest BCUT2D eigenvalue weighted by Crippen LogP contribution is 2.33. The number of fused-ring (bicyclic) bond motifs is 1. The molecule has 5 heteroatoms. The van der Waals surface area contributed by atoms with E-state index in [4.69, 9.17) is 0 Å². The number of hydrogen-bond acceptors (Lipinski definition) is 4. The maximum Gasteiger partial charge on any atom is 0.159 e. The number of imidazole rings is 1. The zero-order chi connectivity index (χ0) is 18.3. The molecule has 4 aromatic rings. The molecule has 0 atom stereocenters. The predicted molar refractivity (Wildman–Crippen MR) is 103 cm³/mol. The Labute approximate surface area is 152 Å². The smallest absolute Gasteiger partial charge is 0.159 e. The van der Waals surface area contributed by atoms with E-state index in [1.54, 1.807) is 12.4 Å². The van der Waals surface area contributed by atoms with Crippen LogP contribution in [0.5, 0.6) is 5.75 Å². The standard InChI is InChI=1S/C21H20N4O/c1-13(2)20-18(9-17(26)11-22-20)15-6-4-5-14(7-15)16-8-19-21(23-10-16)25(3)12-24-19/h4-13,26H,1-3H3. The molecular formula is C21H20N4O. The third kappa shape index (κ3) is 2.81. The van der Waals surface area contributed by atoms with Crippen LogP contribution in [0.4, 0.5) is 0 Å². The highest BCUT2D eigenvalue weighted by atomic mass is 16.3. The molecule has 1 aromatic carbocycles. The van der Waals surface area contributed by atoms with Gasteiger partial charge in [0.25, 0.3) is 0 Å². The summed E-state index contributed by atoms with van der Waals surface area (Å²) in [6.45, 7) is 4.21. The third-order valence-electron chi connectivity index (χ3n) is 4.51. The molecule has 26 heavy (non-hydrogen) atoms. The molecule has 0 saturated carbocycles. The molecule has 0 spiro atoms. The summed E-state index contributed by atoms with van der Waals surface area (Å²) in [5.74, 6) is 0.437. The van der Waals surface area contributed by atoms with Gasteiger partial charge in [-0.05, 0) is 35.2 Å². The fraction of sp³-hybridized carbons (Fsp3) is 0.190. The summed E-state index contributed by atoms with van der Waals surface area (Å²) in [6.07, 6.45) is 5.14. The zero-order valence-electron chi connectivity index (χ0n) is 15.0. The lowest BCUT2D eigenvalue weighted by Crippen LogP contribution is -1.96. The van der Waals surface area contributed by atoms with Gasteiger partial charge >= 0.3 is 0 Å². The summed E-state index contributed by atoms with van der Waals surface area (Å²) in [6, 6.07) is 12.0. The second-order valence-electron chi connectivity index (χ2n) is 6.78. The molecule has 3 aromatic heterocycles. The molecule has 0 aliphatic carbocycles. The Kier molecular flexibility index (Phi) is 3.92. The van der Waals surface area contributed by atoms with Gasteiger partial charge in [-0.25, -0.2) is 9.97 Å². The topological polar surface area (TPSA) is 63.8 Å². The van der Waals surface area contributed by atoms with Crippen molar-refractivity contribution in [1.82, 2.24) is 19.5 Å². The minimum absolute atomic E-state index is 0.173. The first-order valence-corrected chi connectivity index (χ1v) is 8.59. The van der Waals surface area contributed by atoms with Crippen molar-refractivity contribution in [3.05, 3.63) is 60.8 Å². The molecule has 0 aliphatic rings. The van der Waals surface area contributed by atoms with Gasteiger partial charge in [0.05, 0.1) is 18.2 Å². The minimum atomic E-state index is 0.173. The summed E-state index contributed by atoms with van der Waals surface area (Å²) in [5.41, 5.74) is 6.75. The summed E-state index contributed by atoms with van der Waals surface area (Å²) < 4.78 is 1.91. The lowest BCUT2D eigenvalue weighted by Gasteiger charge is -2.13. The van der Waals surface area contributed by atoms with Gasteiger partial charge in [0.1, 0.15) is 11.3 Å². The van der Waals surface area contributed by atoms with Crippen molar-refractivity contribution in [2.45, 2.75) is 19.8 Å². The van der Waals surface area contributed by atoms with Crippen LogP contribution in [0, 0.1) is 0 Å². The van der Waals surface area contributed by atoms with E-state index in [1.165, 1.54) is 6.20 Å². The number of rotatable bonds is 3. The number of aromatic nitrogens is 4. The number of nitrogens with zero attached hydrogens (tertiary/aromatic N) is 4. The predicted octanol–water partition coefficient (Wildman–Crippen LogP) is 4.53. The first-order chi connectivity index (χ1) is 12.5. The number of hydrogen-bond donors (Lipinski definition) is 1. The minimum Gasteiger partial charge on any atom is -0.506 e. The molecule has 1 N–H and O–H groups in total. The van der Waals surface area contributed by atoms with E-state index in [1.807, 2.05) is 36.0 Å². The highest BCUT2D eigenvalue weighted by Gasteiger charge is 2.13. The Morgan fingerprint density at radius 1 is 0.923 bits per heavy atom. The molecule has 4 rings (SSSR count). The van der Waals surface area contributed by atoms with E-state index in [-0.39, 0.29) is 11.7 Å². The molecule has 5 nitrogen and oxygen atoms in total. The fourth-order valence-electron chi connectivity index (χ4n) is 3.20. The van der Waals surface area contributed by atoms with Gasteiger partial charge in [0, 0.05) is 24.4 Å². The molecule has 0 radical (unpaired) electrons. The van der Waals surface area contributed by atoms with Gasteiger partial charge in [0.2, 0.25) is 0 Å². The van der Waals surface area contributed by atoms with Crippen LogP contribution in [-0.2, 0) is 7.05 Å². The van der Waals surface area contributed by atoms with Crippen LogP contribution in [0.15, 0.2) is 55.1 Å². The van der Waals surface area contributed by atoms with E-state index in [9.17, 15) is 5.11 Å². The molecule has 0 unspecified atom stereocenters. The molecule has 0 amide bonds. The molecule has 0 saturated heterocycles. The number of pyridine rings is 2. The Hall–Kier alpha value is -3.21. The van der Waals surface area contributed by atoms with Gasteiger partial charge in [0.15, 0.2) is 5.65 Å². The quantitative estimate of drug-likeness (QED) is 0.593. The Balaban J connectivity index is 1.83. The lowest BCUT2D eigenvalue weighted by molar-refractivity contribution is 0.472. The Morgan fingerprint density at radius 2 is 1.73 bits per heavy atom. The number of aryl methyl sites for hydroxylation is 1. The van der Waals surface area contributed by atoms with Crippen molar-refractivity contribution < 1.29 is 5.11 Å². The number of benzene rings is 1. The lowest BCUT2D eigenvalue weighted by atomic mass is 9.95. The number of aromatic hydroxyl groups is 1. The molecule has 0 bridgehead atoms. The summed E-state index contributed by atoms with van der Waals surface area (Å²) >= 11 is 0. The van der Waals surface area contributed by atoms with Crippen molar-refractivity contribution in [2.75, 3.05) is 0 Å². The third-order valence-corrected chi connectivity index (χ3v) is 4.51. The van der Waals surface area contributed by atoms with Crippen LogP contribution in [-0.4, -0.2) is 24.6 Å². The second kappa shape index (κ2) is 6.26. The van der Waals surface area contributed by atoms with Gasteiger partial charge in [-0.2, -0.15) is 0 Å². The van der Waals surface area contributed by atoms with Crippen LogP contribution in [0.1, 0.15) is 25.5 Å². The molecule has 0 fully saturated rings. The Morgan fingerprint density at radius 3 is 2.54 bits per heavy atom.